The third-order valence-corrected chi connectivity index (χ3v) is 4.84. The van der Waals surface area contributed by atoms with E-state index in [2.05, 4.69) is 40.2 Å². The number of unbranched alkanes of at least 4 members (excludes halogenated alkanes) is 4. The lowest BCUT2D eigenvalue weighted by Crippen LogP contribution is -1.87. The summed E-state index contributed by atoms with van der Waals surface area (Å²) in [6.07, 6.45) is 7.10. The Morgan fingerprint density at radius 2 is 1.32 bits per heavy atom. The normalized spacial score (nSPS) is 10.9. The van der Waals surface area contributed by atoms with Crippen LogP contribution in [0.3, 0.4) is 0 Å². The minimum Gasteiger partial charge on any atom is -0.440 e. The molecule has 0 N–H and O–H groups in total. The van der Waals surface area contributed by atoms with Crippen molar-refractivity contribution in [1.82, 2.24) is 4.98 Å². The van der Waals surface area contributed by atoms with Crippen molar-refractivity contribution >= 4 is 15.9 Å². The highest BCUT2D eigenvalue weighted by Crippen LogP contribution is 2.32. The first-order valence-electron chi connectivity index (χ1n) is 9.05. The van der Waals surface area contributed by atoms with Crippen molar-refractivity contribution in [3.8, 4) is 22.6 Å². The Morgan fingerprint density at radius 3 is 2.00 bits per heavy atom. The molecule has 25 heavy (non-hydrogen) atoms. The van der Waals surface area contributed by atoms with Crippen molar-refractivity contribution in [2.24, 2.45) is 0 Å². The fourth-order valence-electron chi connectivity index (χ4n) is 2.95. The minimum absolute atomic E-state index is 0.846. The third kappa shape index (κ3) is 5.05. The van der Waals surface area contributed by atoms with Crippen molar-refractivity contribution in [3.05, 3.63) is 66.6 Å². The van der Waals surface area contributed by atoms with Crippen molar-refractivity contribution in [2.75, 3.05) is 5.33 Å². The lowest BCUT2D eigenvalue weighted by Gasteiger charge is -2.00. The number of aryl methyl sites for hydroxylation is 1. The molecule has 2 nitrogen and oxygen atoms in total. The number of aromatic nitrogens is 1. The fourth-order valence-corrected chi connectivity index (χ4v) is 3.35. The Balaban J connectivity index is 1.76. The molecule has 1 heterocycles. The Bertz CT molecular complexity index is 695. The van der Waals surface area contributed by atoms with Crippen LogP contribution in [0.5, 0.6) is 0 Å². The highest BCUT2D eigenvalue weighted by Gasteiger charge is 2.16. The van der Waals surface area contributed by atoms with E-state index in [1.54, 1.807) is 0 Å². The van der Waals surface area contributed by atoms with Gasteiger partial charge in [-0.25, -0.2) is 4.98 Å². The first kappa shape index (κ1) is 17.9. The second-order valence-electron chi connectivity index (χ2n) is 6.22. The minimum atomic E-state index is 0.846. The maximum atomic E-state index is 6.16. The summed E-state index contributed by atoms with van der Waals surface area (Å²) < 4.78 is 6.16. The molecule has 0 aliphatic rings. The summed E-state index contributed by atoms with van der Waals surface area (Å²) in [5.74, 6) is 1.72. The molecular formula is C22H24BrNO. The molecule has 0 fully saturated rings. The Morgan fingerprint density at radius 1 is 0.720 bits per heavy atom. The van der Waals surface area contributed by atoms with Gasteiger partial charge in [-0.1, -0.05) is 95.9 Å². The zero-order valence-corrected chi connectivity index (χ0v) is 16.0. The molecular weight excluding hydrogens is 374 g/mol. The summed E-state index contributed by atoms with van der Waals surface area (Å²) in [5.41, 5.74) is 3.13. The van der Waals surface area contributed by atoms with Crippen LogP contribution in [0.1, 0.15) is 38.0 Å². The second-order valence-corrected chi connectivity index (χ2v) is 7.02. The summed E-state index contributed by atoms with van der Waals surface area (Å²) in [6, 6.07) is 20.6. The van der Waals surface area contributed by atoms with E-state index in [0.717, 1.165) is 46.6 Å². The van der Waals surface area contributed by atoms with Gasteiger partial charge in [-0.3, -0.25) is 0 Å². The number of halogens is 1. The van der Waals surface area contributed by atoms with Crippen LogP contribution in [-0.2, 0) is 6.42 Å². The number of hydrogen-bond donors (Lipinski definition) is 0. The number of alkyl halides is 1. The summed E-state index contributed by atoms with van der Waals surface area (Å²) in [4.78, 5) is 4.82. The van der Waals surface area contributed by atoms with Crippen molar-refractivity contribution < 1.29 is 4.42 Å². The van der Waals surface area contributed by atoms with Gasteiger partial charge in [0.2, 0.25) is 0 Å². The molecule has 3 rings (SSSR count). The van der Waals surface area contributed by atoms with Crippen molar-refractivity contribution in [1.29, 1.82) is 0 Å². The van der Waals surface area contributed by atoms with E-state index >= 15 is 0 Å². The van der Waals surface area contributed by atoms with Gasteiger partial charge in [-0.05, 0) is 12.8 Å². The average Bonchev–Trinajstić information content (AvgIpc) is 3.10. The van der Waals surface area contributed by atoms with Crippen LogP contribution in [0.15, 0.2) is 65.1 Å². The largest absolute Gasteiger partial charge is 0.440 e. The molecule has 1 aromatic heterocycles. The Kier molecular flexibility index (Phi) is 6.87. The van der Waals surface area contributed by atoms with Gasteiger partial charge in [0.15, 0.2) is 11.7 Å². The first-order chi connectivity index (χ1) is 12.4. The summed E-state index contributed by atoms with van der Waals surface area (Å²) in [5, 5.41) is 1.10. The fraction of sp³-hybridized carbons (Fsp3) is 0.318. The zero-order chi connectivity index (χ0) is 17.3. The molecule has 0 bridgehead atoms. The topological polar surface area (TPSA) is 26.0 Å². The lowest BCUT2D eigenvalue weighted by molar-refractivity contribution is 0.489. The molecule has 3 aromatic rings. The molecule has 2 aromatic carbocycles. The Hall–Kier alpha value is -1.87. The quantitative estimate of drug-likeness (QED) is 0.290. The predicted molar refractivity (Wildman–Crippen MR) is 108 cm³/mol. The highest BCUT2D eigenvalue weighted by molar-refractivity contribution is 9.09. The number of nitrogens with zero attached hydrogens (tertiary/aromatic N) is 1. The molecule has 0 amide bonds. The van der Waals surface area contributed by atoms with E-state index in [9.17, 15) is 0 Å². The van der Waals surface area contributed by atoms with Gasteiger partial charge < -0.3 is 4.42 Å². The van der Waals surface area contributed by atoms with Crippen LogP contribution in [0.25, 0.3) is 22.6 Å². The summed E-state index contributed by atoms with van der Waals surface area (Å²) in [6.45, 7) is 0. The molecule has 0 unspecified atom stereocenters. The van der Waals surface area contributed by atoms with Gasteiger partial charge in [0, 0.05) is 22.9 Å². The second kappa shape index (κ2) is 9.57. The summed E-state index contributed by atoms with van der Waals surface area (Å²) >= 11 is 3.49. The number of benzene rings is 2. The first-order valence-corrected chi connectivity index (χ1v) is 10.2. The molecule has 3 heteroatoms. The molecule has 0 saturated carbocycles. The average molecular weight is 398 g/mol. The van der Waals surface area contributed by atoms with E-state index in [-0.39, 0.29) is 0 Å². The molecule has 0 atom stereocenters. The van der Waals surface area contributed by atoms with E-state index in [4.69, 9.17) is 9.40 Å². The molecule has 0 saturated heterocycles. The van der Waals surface area contributed by atoms with Gasteiger partial charge in [0.05, 0.1) is 0 Å². The van der Waals surface area contributed by atoms with Crippen LogP contribution >= 0.6 is 15.9 Å². The van der Waals surface area contributed by atoms with Crippen molar-refractivity contribution in [3.63, 3.8) is 0 Å². The number of rotatable bonds is 9. The molecule has 0 aliphatic heterocycles. The zero-order valence-electron chi connectivity index (χ0n) is 14.5. The number of hydrogen-bond acceptors (Lipinski definition) is 2. The molecule has 130 valence electrons. The van der Waals surface area contributed by atoms with Crippen LogP contribution in [0, 0.1) is 0 Å². The highest BCUT2D eigenvalue weighted by atomic mass is 79.9. The van der Waals surface area contributed by atoms with Crippen LogP contribution in [0.4, 0.5) is 0 Å². The van der Waals surface area contributed by atoms with Crippen molar-refractivity contribution in [2.45, 2.75) is 38.5 Å². The van der Waals surface area contributed by atoms with E-state index in [0.29, 0.717) is 0 Å². The standard InChI is InChI=1S/C22H24BrNO/c23-17-11-3-1-2-10-16-20-24-21(18-12-6-4-7-13-18)22(25-20)19-14-8-5-9-15-19/h4-9,12-15H,1-3,10-11,16-17H2. The van der Waals surface area contributed by atoms with Gasteiger partial charge >= 0.3 is 0 Å². The molecule has 0 aliphatic carbocycles. The van der Waals surface area contributed by atoms with Gasteiger partial charge in [0.25, 0.3) is 0 Å². The number of oxazole rings is 1. The van der Waals surface area contributed by atoms with E-state index < -0.39 is 0 Å². The van der Waals surface area contributed by atoms with Gasteiger partial charge in [-0.15, -0.1) is 0 Å². The smallest absolute Gasteiger partial charge is 0.195 e. The van der Waals surface area contributed by atoms with Gasteiger partial charge in [0.1, 0.15) is 5.69 Å². The van der Waals surface area contributed by atoms with Crippen LogP contribution in [0.2, 0.25) is 0 Å². The van der Waals surface area contributed by atoms with Gasteiger partial charge in [-0.2, -0.15) is 0 Å². The summed E-state index contributed by atoms with van der Waals surface area (Å²) in [7, 11) is 0. The SMILES string of the molecule is BrCCCCCCCc1nc(-c2ccccc2)c(-c2ccccc2)o1. The maximum absolute atomic E-state index is 6.16. The van der Waals surface area contributed by atoms with Crippen LogP contribution in [-0.4, -0.2) is 10.3 Å². The monoisotopic (exact) mass is 397 g/mol. The van der Waals surface area contributed by atoms with Crippen LogP contribution < -0.4 is 0 Å². The molecule has 0 radical (unpaired) electrons. The van der Waals surface area contributed by atoms with E-state index in [1.807, 2.05) is 36.4 Å². The molecule has 0 spiro atoms. The Labute approximate surface area is 158 Å². The lowest BCUT2D eigenvalue weighted by atomic mass is 10.1. The third-order valence-electron chi connectivity index (χ3n) is 4.28. The maximum Gasteiger partial charge on any atom is 0.195 e. The predicted octanol–water partition coefficient (Wildman–Crippen LogP) is 6.90. The van der Waals surface area contributed by atoms with E-state index in [1.165, 1.54) is 25.7 Å².